The van der Waals surface area contributed by atoms with Crippen LogP contribution in [0.15, 0.2) is 30.6 Å². The average molecular weight is 415 g/mol. The first-order chi connectivity index (χ1) is 12.4. The van der Waals surface area contributed by atoms with Crippen molar-refractivity contribution >= 4 is 24.8 Å². The molecule has 0 radical (unpaired) electrons. The Labute approximate surface area is 172 Å². The lowest BCUT2D eigenvalue weighted by atomic mass is 9.85. The second kappa shape index (κ2) is 10.8. The van der Waals surface area contributed by atoms with Crippen molar-refractivity contribution in [1.29, 1.82) is 0 Å². The summed E-state index contributed by atoms with van der Waals surface area (Å²) in [5.74, 6) is 1.60. The van der Waals surface area contributed by atoms with E-state index in [-0.39, 0.29) is 24.8 Å². The molecule has 2 fully saturated rings. The van der Waals surface area contributed by atoms with Gasteiger partial charge in [0.05, 0.1) is 12.3 Å². The Morgan fingerprint density at radius 1 is 1.00 bits per heavy atom. The fourth-order valence-corrected chi connectivity index (χ4v) is 3.91. The van der Waals surface area contributed by atoms with Crippen molar-refractivity contribution in [3.8, 4) is 11.4 Å². The van der Waals surface area contributed by atoms with E-state index in [1.807, 2.05) is 24.3 Å². The molecule has 2 heterocycles. The highest BCUT2D eigenvalue weighted by Crippen LogP contribution is 2.28. The summed E-state index contributed by atoms with van der Waals surface area (Å²) in [7, 11) is 0. The van der Waals surface area contributed by atoms with E-state index in [1.165, 1.54) is 38.8 Å². The third-order valence-electron chi connectivity index (χ3n) is 5.42. The van der Waals surface area contributed by atoms with E-state index in [1.54, 1.807) is 11.0 Å². The van der Waals surface area contributed by atoms with Gasteiger partial charge in [0.25, 0.3) is 0 Å². The first-order valence-electron chi connectivity index (χ1n) is 9.29. The number of piperazine rings is 1. The molecule has 0 bridgehead atoms. The van der Waals surface area contributed by atoms with Crippen LogP contribution >= 0.6 is 24.8 Å². The van der Waals surface area contributed by atoms with E-state index in [0.29, 0.717) is 5.92 Å². The van der Waals surface area contributed by atoms with Crippen molar-refractivity contribution in [2.45, 2.75) is 31.7 Å². The maximum Gasteiger partial charge on any atom is 0.143 e. The summed E-state index contributed by atoms with van der Waals surface area (Å²) in [6.07, 6.45) is 6.76. The third-order valence-corrected chi connectivity index (χ3v) is 5.42. The molecule has 150 valence electrons. The number of tetrazole rings is 1. The van der Waals surface area contributed by atoms with Crippen molar-refractivity contribution in [2.75, 3.05) is 32.8 Å². The van der Waals surface area contributed by atoms with Crippen LogP contribution in [-0.4, -0.2) is 63.9 Å². The van der Waals surface area contributed by atoms with Crippen LogP contribution in [-0.2, 0) is 0 Å². The molecule has 0 atom stereocenters. The number of rotatable bonds is 5. The van der Waals surface area contributed by atoms with Crippen LogP contribution in [0.1, 0.15) is 25.7 Å². The number of aromatic nitrogens is 4. The molecule has 7 nitrogen and oxygen atoms in total. The highest BCUT2D eigenvalue weighted by atomic mass is 35.5. The quantitative estimate of drug-likeness (QED) is 0.809. The van der Waals surface area contributed by atoms with Crippen LogP contribution in [0.25, 0.3) is 5.69 Å². The monoisotopic (exact) mass is 414 g/mol. The fraction of sp³-hybridized carbons (Fsp3) is 0.611. The van der Waals surface area contributed by atoms with Gasteiger partial charge in [-0.25, -0.2) is 4.68 Å². The second-order valence-corrected chi connectivity index (χ2v) is 7.02. The molecule has 1 aromatic heterocycles. The average Bonchev–Trinajstić information content (AvgIpc) is 3.23. The molecule has 0 amide bonds. The van der Waals surface area contributed by atoms with Gasteiger partial charge in [0.2, 0.25) is 0 Å². The summed E-state index contributed by atoms with van der Waals surface area (Å²) >= 11 is 0. The molecule has 1 N–H and O–H groups in total. The Hall–Kier alpha value is -1.41. The molecule has 0 unspecified atom stereocenters. The Morgan fingerprint density at radius 3 is 2.33 bits per heavy atom. The van der Waals surface area contributed by atoms with E-state index in [0.717, 1.165) is 37.2 Å². The molecule has 1 aromatic carbocycles. The minimum Gasteiger partial charge on any atom is -0.493 e. The Kier molecular flexibility index (Phi) is 8.76. The molecule has 1 aliphatic carbocycles. The van der Waals surface area contributed by atoms with Gasteiger partial charge in [-0.1, -0.05) is 0 Å². The van der Waals surface area contributed by atoms with E-state index < -0.39 is 0 Å². The molecule has 1 aliphatic heterocycles. The SMILES string of the molecule is Cl.Cl.c1cc(-n2cnnn2)ccc1OC[C@H]1CC[C@H](N2CCNCC2)CC1. The molecule has 27 heavy (non-hydrogen) atoms. The Morgan fingerprint density at radius 2 is 1.70 bits per heavy atom. The van der Waals surface area contributed by atoms with Gasteiger partial charge in [-0.3, -0.25) is 4.90 Å². The summed E-state index contributed by atoms with van der Waals surface area (Å²) in [6, 6.07) is 8.72. The summed E-state index contributed by atoms with van der Waals surface area (Å²) in [5, 5.41) is 14.6. The largest absolute Gasteiger partial charge is 0.493 e. The van der Waals surface area contributed by atoms with Gasteiger partial charge in [0, 0.05) is 32.2 Å². The van der Waals surface area contributed by atoms with E-state index >= 15 is 0 Å². The third kappa shape index (κ3) is 5.78. The van der Waals surface area contributed by atoms with Crippen molar-refractivity contribution in [3.63, 3.8) is 0 Å². The van der Waals surface area contributed by atoms with Gasteiger partial charge >= 0.3 is 0 Å². The second-order valence-electron chi connectivity index (χ2n) is 7.02. The van der Waals surface area contributed by atoms with Crippen LogP contribution in [0.5, 0.6) is 5.75 Å². The number of halogens is 2. The van der Waals surface area contributed by atoms with E-state index in [2.05, 4.69) is 25.7 Å². The Bertz CT molecular complexity index is 640. The summed E-state index contributed by atoms with van der Waals surface area (Å²) in [5.41, 5.74) is 0.939. The van der Waals surface area contributed by atoms with Crippen LogP contribution in [0.4, 0.5) is 0 Å². The molecular formula is C18H28Cl2N6O. The lowest BCUT2D eigenvalue weighted by Crippen LogP contribution is -2.49. The number of nitrogens with zero attached hydrogens (tertiary/aromatic N) is 5. The minimum atomic E-state index is 0. The molecule has 1 saturated carbocycles. The van der Waals surface area contributed by atoms with Crippen LogP contribution in [0.2, 0.25) is 0 Å². The summed E-state index contributed by atoms with van der Waals surface area (Å²) in [6.45, 7) is 5.52. The molecule has 2 aromatic rings. The van der Waals surface area contributed by atoms with Crippen molar-refractivity contribution < 1.29 is 4.74 Å². The predicted octanol–water partition coefficient (Wildman–Crippen LogP) is 2.35. The molecular weight excluding hydrogens is 387 g/mol. The van der Waals surface area contributed by atoms with Crippen LogP contribution in [0, 0.1) is 5.92 Å². The van der Waals surface area contributed by atoms with Gasteiger partial charge in [-0.15, -0.1) is 29.9 Å². The lowest BCUT2D eigenvalue weighted by Gasteiger charge is -2.39. The van der Waals surface area contributed by atoms with Gasteiger partial charge in [-0.2, -0.15) is 0 Å². The zero-order chi connectivity index (χ0) is 16.9. The molecule has 0 spiro atoms. The Balaban J connectivity index is 0.00000131. The van der Waals surface area contributed by atoms with E-state index in [4.69, 9.17) is 4.74 Å². The van der Waals surface area contributed by atoms with Crippen molar-refractivity contribution in [1.82, 2.24) is 30.4 Å². The maximum absolute atomic E-state index is 6.01. The highest BCUT2D eigenvalue weighted by molar-refractivity contribution is 5.85. The number of benzene rings is 1. The normalized spacial score (nSPS) is 23.1. The summed E-state index contributed by atoms with van der Waals surface area (Å²) in [4.78, 5) is 2.67. The van der Waals surface area contributed by atoms with Gasteiger partial charge in [0.1, 0.15) is 12.1 Å². The number of ether oxygens (including phenoxy) is 1. The molecule has 9 heteroatoms. The fourth-order valence-electron chi connectivity index (χ4n) is 3.91. The predicted molar refractivity (Wildman–Crippen MR) is 109 cm³/mol. The molecule has 4 rings (SSSR count). The molecule has 1 saturated heterocycles. The number of hydrogen-bond acceptors (Lipinski definition) is 6. The first kappa shape index (κ1) is 21.9. The minimum absolute atomic E-state index is 0. The maximum atomic E-state index is 6.01. The van der Waals surface area contributed by atoms with Crippen molar-refractivity contribution in [2.24, 2.45) is 5.92 Å². The zero-order valence-corrected chi connectivity index (χ0v) is 17.0. The number of hydrogen-bond donors (Lipinski definition) is 1. The smallest absolute Gasteiger partial charge is 0.143 e. The lowest BCUT2D eigenvalue weighted by molar-refractivity contribution is 0.106. The zero-order valence-electron chi connectivity index (χ0n) is 15.4. The van der Waals surface area contributed by atoms with Gasteiger partial charge < -0.3 is 10.1 Å². The van der Waals surface area contributed by atoms with Crippen LogP contribution in [0.3, 0.4) is 0 Å². The molecule has 2 aliphatic rings. The van der Waals surface area contributed by atoms with Crippen LogP contribution < -0.4 is 10.1 Å². The number of nitrogens with one attached hydrogen (secondary N) is 1. The van der Waals surface area contributed by atoms with Crippen molar-refractivity contribution in [3.05, 3.63) is 30.6 Å². The topological polar surface area (TPSA) is 68.1 Å². The van der Waals surface area contributed by atoms with Gasteiger partial charge in [0.15, 0.2) is 0 Å². The highest BCUT2D eigenvalue weighted by Gasteiger charge is 2.26. The standard InChI is InChI=1S/C18H26N6O.2ClH/c1-3-16(23-11-9-19-10-12-23)4-2-15(1)13-25-18-7-5-17(6-8-18)24-14-20-21-22-24;;/h5-8,14-16,19H,1-4,9-13H2;2*1H/t15-,16-;;. The summed E-state index contributed by atoms with van der Waals surface area (Å²) < 4.78 is 7.65. The van der Waals surface area contributed by atoms with Gasteiger partial charge in [-0.05, 0) is 66.3 Å². The van der Waals surface area contributed by atoms with E-state index in [9.17, 15) is 0 Å². The first-order valence-corrected chi connectivity index (χ1v) is 9.29.